The Morgan fingerprint density at radius 1 is 1.04 bits per heavy atom. The molecule has 1 aliphatic carbocycles. The topological polar surface area (TPSA) is 68.2 Å². The van der Waals surface area contributed by atoms with Crippen LogP contribution in [0.15, 0.2) is 30.3 Å². The second-order valence-electron chi connectivity index (χ2n) is 8.61. The van der Waals surface area contributed by atoms with Crippen molar-refractivity contribution in [3.05, 3.63) is 30.3 Å². The highest BCUT2D eigenvalue weighted by molar-refractivity contribution is 5.21. The van der Waals surface area contributed by atoms with Crippen molar-refractivity contribution < 1.29 is 24.4 Å². The number of ether oxygens (including phenoxy) is 3. The third kappa shape index (κ3) is 2.95. The van der Waals surface area contributed by atoms with Gasteiger partial charge in [0.2, 0.25) is 6.29 Å². The number of hydrogen-bond donors (Lipinski definition) is 2. The Morgan fingerprint density at radius 3 is 2.50 bits per heavy atom. The van der Waals surface area contributed by atoms with Crippen LogP contribution >= 0.6 is 0 Å². The Balaban J connectivity index is 1.67. The van der Waals surface area contributed by atoms with Crippen LogP contribution < -0.4 is 4.74 Å². The average Bonchev–Trinajstić information content (AvgIpc) is 2.69. The molecule has 3 aliphatic rings. The molecule has 2 N–H and O–H groups in total. The third-order valence-corrected chi connectivity index (χ3v) is 6.78. The molecule has 2 aliphatic heterocycles. The molecule has 1 aromatic rings. The summed E-state index contributed by atoms with van der Waals surface area (Å²) in [5.41, 5.74) is -1.09. The molecule has 1 saturated carbocycles. The van der Waals surface area contributed by atoms with E-state index in [0.29, 0.717) is 12.3 Å². The van der Waals surface area contributed by atoms with Crippen molar-refractivity contribution in [2.24, 2.45) is 23.7 Å². The van der Waals surface area contributed by atoms with Crippen molar-refractivity contribution in [2.45, 2.75) is 70.4 Å². The van der Waals surface area contributed by atoms with Crippen LogP contribution in [-0.4, -0.2) is 34.2 Å². The zero-order valence-corrected chi connectivity index (χ0v) is 15.8. The quantitative estimate of drug-likeness (QED) is 0.845. The molecule has 4 rings (SSSR count). The van der Waals surface area contributed by atoms with Crippen LogP contribution in [0.5, 0.6) is 5.75 Å². The van der Waals surface area contributed by atoms with E-state index in [2.05, 4.69) is 13.8 Å². The van der Waals surface area contributed by atoms with Crippen LogP contribution in [-0.2, 0) is 9.47 Å². The molecule has 5 nitrogen and oxygen atoms in total. The van der Waals surface area contributed by atoms with Crippen LogP contribution in [0.2, 0.25) is 0 Å². The van der Waals surface area contributed by atoms with Gasteiger partial charge in [-0.15, -0.1) is 0 Å². The maximum absolute atomic E-state index is 11.8. The molecule has 144 valence electrons. The average molecular weight is 362 g/mol. The lowest BCUT2D eigenvalue weighted by molar-refractivity contribution is -0.398. The lowest BCUT2D eigenvalue weighted by Gasteiger charge is -2.57. The Morgan fingerprint density at radius 2 is 1.77 bits per heavy atom. The molecule has 2 heterocycles. The van der Waals surface area contributed by atoms with Crippen molar-refractivity contribution >= 4 is 0 Å². The summed E-state index contributed by atoms with van der Waals surface area (Å²) < 4.78 is 18.2. The summed E-state index contributed by atoms with van der Waals surface area (Å²) >= 11 is 0. The minimum Gasteiger partial charge on any atom is -0.465 e. The summed E-state index contributed by atoms with van der Waals surface area (Å²) in [6, 6.07) is 9.57. The Hall–Kier alpha value is -1.14. The zero-order chi connectivity index (χ0) is 18.5. The predicted molar refractivity (Wildman–Crippen MR) is 96.2 cm³/mol. The predicted octanol–water partition coefficient (Wildman–Crippen LogP) is 3.30. The molecule has 0 amide bonds. The van der Waals surface area contributed by atoms with Crippen LogP contribution in [0.4, 0.5) is 0 Å². The van der Waals surface area contributed by atoms with Gasteiger partial charge in [-0.2, -0.15) is 0 Å². The summed E-state index contributed by atoms with van der Waals surface area (Å²) in [6.07, 6.45) is 1.80. The van der Waals surface area contributed by atoms with E-state index in [1.165, 1.54) is 0 Å². The summed E-state index contributed by atoms with van der Waals surface area (Å²) in [5.74, 6) is -0.0991. The van der Waals surface area contributed by atoms with E-state index in [1.54, 1.807) is 6.92 Å². The molecule has 2 saturated heterocycles. The first-order valence-corrected chi connectivity index (χ1v) is 9.81. The van der Waals surface area contributed by atoms with Crippen LogP contribution in [0.1, 0.15) is 46.5 Å². The van der Waals surface area contributed by atoms with Crippen LogP contribution in [0.25, 0.3) is 0 Å². The number of para-hydroxylation sites is 1. The minimum atomic E-state index is -1.31. The van der Waals surface area contributed by atoms with Gasteiger partial charge >= 0.3 is 0 Å². The van der Waals surface area contributed by atoms with Gasteiger partial charge in [-0.05, 0) is 50.2 Å². The van der Waals surface area contributed by atoms with Crippen LogP contribution in [0.3, 0.4) is 0 Å². The van der Waals surface area contributed by atoms with Crippen molar-refractivity contribution in [1.82, 2.24) is 0 Å². The molecule has 0 spiro atoms. The SMILES string of the molecule is C[C@H]1C(Oc2ccccc2)O[C@@H]2O[C@](C)(O)CCC3[C@H](C)CCC1[C@]32O. The number of benzene rings is 1. The fourth-order valence-electron chi connectivity index (χ4n) is 5.30. The van der Waals surface area contributed by atoms with Gasteiger partial charge < -0.3 is 24.4 Å². The molecule has 3 fully saturated rings. The highest BCUT2D eigenvalue weighted by Gasteiger charge is 2.63. The maximum Gasteiger partial charge on any atom is 0.205 e. The normalized spacial score (nSPS) is 48.3. The van der Waals surface area contributed by atoms with E-state index >= 15 is 0 Å². The second-order valence-corrected chi connectivity index (χ2v) is 8.61. The van der Waals surface area contributed by atoms with Crippen LogP contribution in [0, 0.1) is 23.7 Å². The first-order chi connectivity index (χ1) is 12.3. The highest BCUT2D eigenvalue weighted by atomic mass is 16.8. The fraction of sp³-hybridized carbons (Fsp3) is 0.714. The van der Waals surface area contributed by atoms with E-state index in [-0.39, 0.29) is 17.8 Å². The lowest BCUT2D eigenvalue weighted by atomic mass is 9.58. The molecule has 5 heteroatoms. The van der Waals surface area contributed by atoms with E-state index in [4.69, 9.17) is 14.2 Å². The Bertz CT molecular complexity index is 633. The maximum atomic E-state index is 11.8. The highest BCUT2D eigenvalue weighted by Crippen LogP contribution is 2.55. The third-order valence-electron chi connectivity index (χ3n) is 6.78. The monoisotopic (exact) mass is 362 g/mol. The largest absolute Gasteiger partial charge is 0.465 e. The van der Waals surface area contributed by atoms with Gasteiger partial charge in [0.15, 0.2) is 12.1 Å². The van der Waals surface area contributed by atoms with E-state index < -0.39 is 24.0 Å². The lowest BCUT2D eigenvalue weighted by Crippen LogP contribution is -2.67. The zero-order valence-electron chi connectivity index (χ0n) is 15.8. The molecule has 0 radical (unpaired) electrons. The van der Waals surface area contributed by atoms with E-state index in [0.717, 1.165) is 25.0 Å². The van der Waals surface area contributed by atoms with Gasteiger partial charge in [-0.1, -0.05) is 32.0 Å². The Kier molecular flexibility index (Phi) is 4.55. The summed E-state index contributed by atoms with van der Waals surface area (Å²) in [7, 11) is 0. The van der Waals surface area contributed by atoms with Gasteiger partial charge in [-0.25, -0.2) is 0 Å². The summed E-state index contributed by atoms with van der Waals surface area (Å²) in [5, 5.41) is 22.4. The van der Waals surface area contributed by atoms with Gasteiger partial charge in [-0.3, -0.25) is 0 Å². The van der Waals surface area contributed by atoms with E-state index in [1.807, 2.05) is 30.3 Å². The van der Waals surface area contributed by atoms with Crippen molar-refractivity contribution in [3.8, 4) is 5.75 Å². The first-order valence-electron chi connectivity index (χ1n) is 9.81. The first kappa shape index (κ1) is 18.2. The molecule has 0 bridgehead atoms. The molecular weight excluding hydrogens is 332 g/mol. The van der Waals surface area contributed by atoms with Crippen molar-refractivity contribution in [1.29, 1.82) is 0 Å². The smallest absolute Gasteiger partial charge is 0.205 e. The molecule has 26 heavy (non-hydrogen) atoms. The molecule has 3 unspecified atom stereocenters. The van der Waals surface area contributed by atoms with Gasteiger partial charge in [0.1, 0.15) is 11.4 Å². The minimum absolute atomic E-state index is 0.0186. The Labute approximate surface area is 155 Å². The van der Waals surface area contributed by atoms with Gasteiger partial charge in [0.05, 0.1) is 0 Å². The fourth-order valence-corrected chi connectivity index (χ4v) is 5.30. The van der Waals surface area contributed by atoms with Crippen molar-refractivity contribution in [3.63, 3.8) is 0 Å². The van der Waals surface area contributed by atoms with E-state index in [9.17, 15) is 10.2 Å². The number of aliphatic hydroxyl groups is 2. The second kappa shape index (κ2) is 6.48. The standard InChI is InChI=1S/C21H30O5/c1-13-9-10-17-14(2)18(24-15-7-5-4-6-8-15)25-19-21(17,23)16(13)11-12-20(3,22)26-19/h4-8,13-14,16-19,22-23H,9-12H2,1-3H3/t13-,14-,16?,17?,18?,19-,20+,21-/m1/s1. The molecule has 0 aromatic heterocycles. The van der Waals surface area contributed by atoms with Gasteiger partial charge in [0, 0.05) is 18.3 Å². The number of hydrogen-bond acceptors (Lipinski definition) is 5. The van der Waals surface area contributed by atoms with Gasteiger partial charge in [0.25, 0.3) is 0 Å². The number of rotatable bonds is 2. The molecular formula is C21H30O5. The molecule has 8 atom stereocenters. The van der Waals surface area contributed by atoms with Crippen molar-refractivity contribution in [2.75, 3.05) is 0 Å². The molecule has 1 aromatic carbocycles. The summed E-state index contributed by atoms with van der Waals surface area (Å²) in [6.45, 7) is 5.93. The summed E-state index contributed by atoms with van der Waals surface area (Å²) in [4.78, 5) is 0.